The van der Waals surface area contributed by atoms with E-state index in [0.717, 1.165) is 28.6 Å². The van der Waals surface area contributed by atoms with Gasteiger partial charge in [-0.2, -0.15) is 18.3 Å². The van der Waals surface area contributed by atoms with E-state index in [4.69, 9.17) is 0 Å². The zero-order valence-corrected chi connectivity index (χ0v) is 18.7. The Labute approximate surface area is 193 Å². The molecule has 0 aliphatic rings. The number of rotatable bonds is 5. The number of aromatic nitrogens is 6. The van der Waals surface area contributed by atoms with Crippen LogP contribution in [0.4, 0.5) is 19.0 Å². The van der Waals surface area contributed by atoms with Crippen molar-refractivity contribution in [3.63, 3.8) is 0 Å². The zero-order valence-electron chi connectivity index (χ0n) is 18.7. The molecular formula is C23H22F3N7O. The molecule has 0 radical (unpaired) electrons. The maximum Gasteiger partial charge on any atom is 0.433 e. The second-order valence-electron chi connectivity index (χ2n) is 7.06. The summed E-state index contributed by atoms with van der Waals surface area (Å²) in [5.41, 5.74) is 2.75. The lowest BCUT2D eigenvalue weighted by Crippen LogP contribution is -2.07. The first-order chi connectivity index (χ1) is 16.2. The van der Waals surface area contributed by atoms with Gasteiger partial charge < -0.3 is 5.32 Å². The van der Waals surface area contributed by atoms with Gasteiger partial charge in [0.25, 0.3) is 0 Å². The van der Waals surface area contributed by atoms with E-state index in [2.05, 4.69) is 30.4 Å². The van der Waals surface area contributed by atoms with Crippen LogP contribution in [0.25, 0.3) is 22.5 Å². The fourth-order valence-electron chi connectivity index (χ4n) is 3.28. The van der Waals surface area contributed by atoms with Crippen LogP contribution in [-0.2, 0) is 17.5 Å². The highest BCUT2D eigenvalue weighted by Crippen LogP contribution is 2.32. The van der Waals surface area contributed by atoms with Crippen molar-refractivity contribution in [2.24, 2.45) is 0 Å². The Bertz CT molecular complexity index is 1240. The largest absolute Gasteiger partial charge is 0.433 e. The minimum atomic E-state index is -4.43. The van der Waals surface area contributed by atoms with E-state index in [1.54, 1.807) is 54.5 Å². The molecule has 0 spiro atoms. The molecule has 0 atom stereocenters. The quantitative estimate of drug-likeness (QED) is 0.425. The first-order valence-corrected chi connectivity index (χ1v) is 10.3. The van der Waals surface area contributed by atoms with E-state index in [0.29, 0.717) is 30.2 Å². The van der Waals surface area contributed by atoms with Crippen LogP contribution in [0.3, 0.4) is 0 Å². The van der Waals surface area contributed by atoms with Gasteiger partial charge in [-0.3, -0.25) is 14.5 Å². The molecule has 0 aromatic carbocycles. The predicted octanol–water partition coefficient (Wildman–Crippen LogP) is 4.71. The summed E-state index contributed by atoms with van der Waals surface area (Å²) in [5, 5.41) is 6.77. The number of carbonyl (C=O) groups is 1. The van der Waals surface area contributed by atoms with E-state index >= 15 is 0 Å². The van der Waals surface area contributed by atoms with Crippen LogP contribution >= 0.6 is 0 Å². The third-order valence-corrected chi connectivity index (χ3v) is 4.81. The molecule has 34 heavy (non-hydrogen) atoms. The molecule has 11 heteroatoms. The molecule has 0 bridgehead atoms. The van der Waals surface area contributed by atoms with Gasteiger partial charge in [-0.15, -0.1) is 0 Å². The highest BCUT2D eigenvalue weighted by molar-refractivity contribution is 5.70. The van der Waals surface area contributed by atoms with Crippen molar-refractivity contribution in [3.05, 3.63) is 72.2 Å². The molecule has 4 heterocycles. The average Bonchev–Trinajstić information content (AvgIpc) is 3.13. The summed E-state index contributed by atoms with van der Waals surface area (Å²) >= 11 is 0. The third kappa shape index (κ3) is 5.80. The third-order valence-electron chi connectivity index (χ3n) is 4.81. The molecule has 0 fully saturated rings. The van der Waals surface area contributed by atoms with Gasteiger partial charge in [0.2, 0.25) is 6.41 Å². The summed E-state index contributed by atoms with van der Waals surface area (Å²) in [6, 6.07) is 7.89. The standard InChI is InChI=1S/C13H14F3N3.C10H8N4O/c1-4-19-9(3)12(8(2)18-19)10-5-6-17-11(7-10)13(14,15)16;15-7-14-9-3-2-8(6-13-9)10-11-4-1-5-12-10/h5-7H,4H2,1-3H3;1-7H,(H,13,14,15). The lowest BCUT2D eigenvalue weighted by Gasteiger charge is -2.08. The van der Waals surface area contributed by atoms with Crippen LogP contribution in [0.5, 0.6) is 0 Å². The molecule has 0 unspecified atom stereocenters. The molecule has 0 saturated carbocycles. The minimum absolute atomic E-state index is 0.497. The number of amides is 1. The van der Waals surface area contributed by atoms with E-state index in [1.807, 2.05) is 13.8 Å². The van der Waals surface area contributed by atoms with Gasteiger partial charge in [-0.1, -0.05) is 0 Å². The second kappa shape index (κ2) is 10.6. The van der Waals surface area contributed by atoms with Crippen molar-refractivity contribution in [3.8, 4) is 22.5 Å². The number of halogens is 3. The maximum atomic E-state index is 12.7. The molecule has 4 aromatic rings. The average molecular weight is 469 g/mol. The molecule has 1 N–H and O–H groups in total. The van der Waals surface area contributed by atoms with Crippen LogP contribution < -0.4 is 5.32 Å². The fourth-order valence-corrected chi connectivity index (χ4v) is 3.28. The molecular weight excluding hydrogens is 447 g/mol. The topological polar surface area (TPSA) is 98.5 Å². The Balaban J connectivity index is 0.000000196. The summed E-state index contributed by atoms with van der Waals surface area (Å²) in [7, 11) is 0. The Morgan fingerprint density at radius 2 is 1.74 bits per heavy atom. The van der Waals surface area contributed by atoms with Gasteiger partial charge in [0.05, 0.1) is 5.69 Å². The number of aryl methyl sites for hydroxylation is 2. The number of hydrogen-bond acceptors (Lipinski definition) is 6. The van der Waals surface area contributed by atoms with E-state index in [1.165, 1.54) is 6.20 Å². The number of alkyl halides is 3. The monoisotopic (exact) mass is 469 g/mol. The van der Waals surface area contributed by atoms with E-state index in [-0.39, 0.29) is 0 Å². The van der Waals surface area contributed by atoms with Crippen LogP contribution in [0.2, 0.25) is 0 Å². The number of hydrogen-bond donors (Lipinski definition) is 1. The number of nitrogens with one attached hydrogen (secondary N) is 1. The van der Waals surface area contributed by atoms with Gasteiger partial charge in [-0.05, 0) is 56.7 Å². The number of nitrogens with zero attached hydrogens (tertiary/aromatic N) is 6. The molecule has 0 aliphatic carbocycles. The van der Waals surface area contributed by atoms with Gasteiger partial charge >= 0.3 is 6.18 Å². The summed E-state index contributed by atoms with van der Waals surface area (Å²) in [6.07, 6.45) is 2.28. The highest BCUT2D eigenvalue weighted by Gasteiger charge is 2.32. The van der Waals surface area contributed by atoms with Crippen molar-refractivity contribution >= 4 is 12.2 Å². The first-order valence-electron chi connectivity index (χ1n) is 10.3. The van der Waals surface area contributed by atoms with E-state index < -0.39 is 11.9 Å². The van der Waals surface area contributed by atoms with Crippen molar-refractivity contribution in [2.75, 3.05) is 5.32 Å². The molecule has 8 nitrogen and oxygen atoms in total. The van der Waals surface area contributed by atoms with Gasteiger partial charge in [0, 0.05) is 48.2 Å². The smallest absolute Gasteiger partial charge is 0.313 e. The Kier molecular flexibility index (Phi) is 7.67. The molecule has 1 amide bonds. The molecule has 4 rings (SSSR count). The van der Waals surface area contributed by atoms with Crippen molar-refractivity contribution in [2.45, 2.75) is 33.5 Å². The minimum Gasteiger partial charge on any atom is -0.313 e. The highest BCUT2D eigenvalue weighted by atomic mass is 19.4. The molecule has 0 saturated heterocycles. The molecule has 4 aromatic heterocycles. The van der Waals surface area contributed by atoms with Gasteiger partial charge in [-0.25, -0.2) is 15.0 Å². The summed E-state index contributed by atoms with van der Waals surface area (Å²) < 4.78 is 39.8. The Morgan fingerprint density at radius 3 is 2.29 bits per heavy atom. The second-order valence-corrected chi connectivity index (χ2v) is 7.06. The number of carbonyl (C=O) groups excluding carboxylic acids is 1. The van der Waals surface area contributed by atoms with Crippen molar-refractivity contribution in [1.82, 2.24) is 29.7 Å². The van der Waals surface area contributed by atoms with Gasteiger partial charge in [0.15, 0.2) is 5.82 Å². The van der Waals surface area contributed by atoms with Crippen LogP contribution in [0.15, 0.2) is 55.1 Å². The first kappa shape index (κ1) is 24.5. The number of anilines is 1. The Hall–Kier alpha value is -4.15. The molecule has 176 valence electrons. The SMILES string of the molecule is CCn1nc(C)c(-c2ccnc(C(F)(F)F)c2)c1C.O=CNc1ccc(-c2ncccn2)cn1. The van der Waals surface area contributed by atoms with Crippen molar-refractivity contribution in [1.29, 1.82) is 0 Å². The summed E-state index contributed by atoms with van der Waals surface area (Å²) in [5.74, 6) is 1.12. The van der Waals surface area contributed by atoms with Crippen LogP contribution in [-0.4, -0.2) is 36.1 Å². The lowest BCUT2D eigenvalue weighted by molar-refractivity contribution is -0.141. The lowest BCUT2D eigenvalue weighted by atomic mass is 10.0. The fraction of sp³-hybridized carbons (Fsp3) is 0.217. The summed E-state index contributed by atoms with van der Waals surface area (Å²) in [4.78, 5) is 25.7. The number of pyridine rings is 2. The normalized spacial score (nSPS) is 10.9. The summed E-state index contributed by atoms with van der Waals surface area (Å²) in [6.45, 7) is 6.27. The van der Waals surface area contributed by atoms with Crippen molar-refractivity contribution < 1.29 is 18.0 Å². The van der Waals surface area contributed by atoms with Crippen LogP contribution in [0.1, 0.15) is 24.0 Å². The van der Waals surface area contributed by atoms with Crippen LogP contribution in [0, 0.1) is 13.8 Å². The Morgan fingerprint density at radius 1 is 1.00 bits per heavy atom. The maximum absolute atomic E-state index is 12.7. The zero-order chi connectivity index (χ0) is 24.7. The van der Waals surface area contributed by atoms with Gasteiger partial charge in [0.1, 0.15) is 11.5 Å². The van der Waals surface area contributed by atoms with E-state index in [9.17, 15) is 18.0 Å². The molecule has 0 aliphatic heterocycles. The predicted molar refractivity (Wildman–Crippen MR) is 121 cm³/mol.